The molecule has 1 aromatic carbocycles. The summed E-state index contributed by atoms with van der Waals surface area (Å²) in [5.74, 6) is 1.10. The zero-order chi connectivity index (χ0) is 15.8. The van der Waals surface area contributed by atoms with Crippen LogP contribution in [0.2, 0.25) is 6.82 Å². The van der Waals surface area contributed by atoms with E-state index in [4.69, 9.17) is 16.0 Å². The minimum atomic E-state index is 0.161. The second-order valence-corrected chi connectivity index (χ2v) is 5.94. The summed E-state index contributed by atoms with van der Waals surface area (Å²) < 4.78 is 11.4. The van der Waals surface area contributed by atoms with Gasteiger partial charge in [-0.05, 0) is 48.1 Å². The van der Waals surface area contributed by atoms with Gasteiger partial charge in [-0.2, -0.15) is 0 Å². The number of pyridine rings is 1. The number of fused-ring (bicyclic) bond motifs is 1. The number of hydrogen-bond acceptors (Lipinski definition) is 4. The minimum Gasteiger partial charge on any atom is -0.483 e. The first-order valence-corrected chi connectivity index (χ1v) is 7.79. The number of aromatic nitrogens is 1. The van der Waals surface area contributed by atoms with Gasteiger partial charge in [-0.15, -0.1) is 0 Å². The maximum Gasteiger partial charge on any atom is 0.324 e. The van der Waals surface area contributed by atoms with Crippen LogP contribution in [0.25, 0.3) is 4.85 Å². The van der Waals surface area contributed by atoms with Gasteiger partial charge in [0.25, 0.3) is 0 Å². The molecule has 0 spiro atoms. The molecule has 2 aromatic rings. The summed E-state index contributed by atoms with van der Waals surface area (Å²) in [7, 11) is 0. The fraction of sp³-hybridized carbons (Fsp3) is 0.294. The molecule has 114 valence electrons. The van der Waals surface area contributed by atoms with Crippen molar-refractivity contribution in [1.29, 1.82) is 0 Å². The zero-order valence-electron chi connectivity index (χ0n) is 12.9. The third-order valence-electron chi connectivity index (χ3n) is 4.11. The molecule has 2 heterocycles. The highest BCUT2D eigenvalue weighted by Crippen LogP contribution is 2.33. The van der Waals surface area contributed by atoms with E-state index in [1.165, 1.54) is 11.0 Å². The largest absolute Gasteiger partial charge is 0.483 e. The van der Waals surface area contributed by atoms with Gasteiger partial charge >= 0.3 is 6.92 Å². The highest BCUT2D eigenvalue weighted by Gasteiger charge is 2.26. The molecule has 2 aliphatic rings. The van der Waals surface area contributed by atoms with Crippen molar-refractivity contribution in [3.05, 3.63) is 47.3 Å². The van der Waals surface area contributed by atoms with Gasteiger partial charge in [0.15, 0.2) is 0 Å². The number of rotatable bonds is 4. The summed E-state index contributed by atoms with van der Waals surface area (Å²) in [6.45, 7) is 10.1. The van der Waals surface area contributed by atoms with E-state index < -0.39 is 0 Å². The average Bonchev–Trinajstić information content (AvgIpc) is 3.30. The normalized spacial score (nSPS) is 15.9. The van der Waals surface area contributed by atoms with E-state index >= 15 is 0 Å². The molecule has 1 aliphatic carbocycles. The topological polar surface area (TPSA) is 47.7 Å². The van der Waals surface area contributed by atoms with Crippen LogP contribution in [0.3, 0.4) is 0 Å². The van der Waals surface area contributed by atoms with Crippen LogP contribution in [-0.4, -0.2) is 18.0 Å². The van der Waals surface area contributed by atoms with Gasteiger partial charge in [-0.1, -0.05) is 12.9 Å². The summed E-state index contributed by atoms with van der Waals surface area (Å²) in [6.07, 6.45) is 2.30. The number of nitrogens with zero attached hydrogens (tertiary/aromatic N) is 2. The lowest BCUT2D eigenvalue weighted by Crippen LogP contribution is -2.23. The van der Waals surface area contributed by atoms with Crippen LogP contribution in [-0.2, 0) is 11.3 Å². The minimum absolute atomic E-state index is 0.161. The number of hydrogen-bond donors (Lipinski definition) is 1. The van der Waals surface area contributed by atoms with Crippen molar-refractivity contribution < 1.29 is 9.39 Å². The van der Waals surface area contributed by atoms with Crippen molar-refractivity contribution in [2.75, 3.05) is 5.32 Å². The molecule has 1 N–H and O–H groups in total. The Morgan fingerprint density at radius 2 is 2.22 bits per heavy atom. The molecule has 0 atom stereocenters. The molecule has 6 heteroatoms. The molecule has 0 amide bonds. The van der Waals surface area contributed by atoms with Gasteiger partial charge in [0.2, 0.25) is 11.6 Å². The predicted molar refractivity (Wildman–Crippen MR) is 89.9 cm³/mol. The van der Waals surface area contributed by atoms with Crippen molar-refractivity contribution in [3.63, 3.8) is 0 Å². The molecule has 4 rings (SSSR count). The molecule has 0 radical (unpaired) electrons. The summed E-state index contributed by atoms with van der Waals surface area (Å²) in [6, 6.07) is 9.75. The molecule has 5 nitrogen and oxygen atoms in total. The Labute approximate surface area is 135 Å². The molecule has 1 aliphatic heterocycles. The van der Waals surface area contributed by atoms with Crippen LogP contribution in [0, 0.1) is 6.57 Å². The zero-order valence-corrected chi connectivity index (χ0v) is 12.9. The lowest BCUT2D eigenvalue weighted by Gasteiger charge is -2.11. The van der Waals surface area contributed by atoms with E-state index in [0.29, 0.717) is 24.0 Å². The van der Waals surface area contributed by atoms with Crippen LogP contribution in [0.4, 0.5) is 17.2 Å². The molecule has 0 unspecified atom stereocenters. The summed E-state index contributed by atoms with van der Waals surface area (Å²) in [5.41, 5.74) is 3.86. The Hall–Kier alpha value is -2.52. The van der Waals surface area contributed by atoms with Gasteiger partial charge < -0.3 is 14.7 Å². The van der Waals surface area contributed by atoms with Gasteiger partial charge in [0, 0.05) is 5.69 Å². The molecule has 1 saturated carbocycles. The monoisotopic (exact) mass is 305 g/mol. The molecule has 1 aromatic heterocycles. The third-order valence-corrected chi connectivity index (χ3v) is 4.11. The van der Waals surface area contributed by atoms with Crippen LogP contribution in [0.1, 0.15) is 18.4 Å². The first kappa shape index (κ1) is 14.1. The molecule has 0 bridgehead atoms. The SMILES string of the molecule is [C-]#[N+]c1ccc(Nc2ccc3c(c2)COB3C)nc1OC1CC1. The number of anilines is 2. The maximum atomic E-state index is 7.21. The van der Waals surface area contributed by atoms with E-state index in [2.05, 4.69) is 34.1 Å². The van der Waals surface area contributed by atoms with Crippen LogP contribution < -0.4 is 15.5 Å². The van der Waals surface area contributed by atoms with Crippen molar-refractivity contribution in [2.45, 2.75) is 32.4 Å². The Morgan fingerprint density at radius 1 is 1.35 bits per heavy atom. The van der Waals surface area contributed by atoms with Crippen molar-refractivity contribution >= 4 is 29.6 Å². The standard InChI is InChI=1S/C17H16BN3O2/c1-18-14-6-3-12(9-11(14)10-22-18)20-16-8-7-15(19-2)17(21-16)23-13-4-5-13/h3,6-9,13H,4-5,10H2,1H3,(H,20,21). The summed E-state index contributed by atoms with van der Waals surface area (Å²) in [4.78, 5) is 7.92. The molecular formula is C17H16BN3O2. The van der Waals surface area contributed by atoms with Crippen molar-refractivity contribution in [1.82, 2.24) is 4.98 Å². The van der Waals surface area contributed by atoms with Gasteiger partial charge in [0.1, 0.15) is 5.82 Å². The smallest absolute Gasteiger partial charge is 0.324 e. The Balaban J connectivity index is 1.58. The summed E-state index contributed by atoms with van der Waals surface area (Å²) >= 11 is 0. The molecular weight excluding hydrogens is 289 g/mol. The first-order chi connectivity index (χ1) is 11.2. The summed E-state index contributed by atoms with van der Waals surface area (Å²) in [5, 5.41) is 3.28. The average molecular weight is 305 g/mol. The Kier molecular flexibility index (Phi) is 3.43. The number of ether oxygens (including phenoxy) is 1. The lowest BCUT2D eigenvalue weighted by molar-refractivity contribution is 0.293. The molecule has 0 saturated heterocycles. The molecule has 1 fully saturated rings. The van der Waals surface area contributed by atoms with Gasteiger partial charge in [-0.25, -0.2) is 9.83 Å². The predicted octanol–water partition coefficient (Wildman–Crippen LogP) is 3.28. The number of benzene rings is 1. The van der Waals surface area contributed by atoms with Gasteiger partial charge in [0.05, 0.1) is 19.3 Å². The first-order valence-electron chi connectivity index (χ1n) is 7.79. The second-order valence-electron chi connectivity index (χ2n) is 5.94. The van der Waals surface area contributed by atoms with Crippen LogP contribution in [0.5, 0.6) is 5.88 Å². The van der Waals surface area contributed by atoms with Crippen molar-refractivity contribution in [3.8, 4) is 5.88 Å². The fourth-order valence-corrected chi connectivity index (χ4v) is 2.68. The Bertz CT molecular complexity index is 799. The van der Waals surface area contributed by atoms with Gasteiger partial charge in [-0.3, -0.25) is 0 Å². The van der Waals surface area contributed by atoms with E-state index in [-0.39, 0.29) is 13.0 Å². The Morgan fingerprint density at radius 3 is 3.00 bits per heavy atom. The quantitative estimate of drug-likeness (QED) is 0.695. The lowest BCUT2D eigenvalue weighted by atomic mass is 9.64. The van der Waals surface area contributed by atoms with E-state index in [1.54, 1.807) is 12.1 Å². The van der Waals surface area contributed by atoms with E-state index in [0.717, 1.165) is 18.5 Å². The van der Waals surface area contributed by atoms with Crippen molar-refractivity contribution in [2.24, 2.45) is 0 Å². The highest BCUT2D eigenvalue weighted by atomic mass is 16.5. The second kappa shape index (κ2) is 5.60. The van der Waals surface area contributed by atoms with Crippen LogP contribution >= 0.6 is 0 Å². The van der Waals surface area contributed by atoms with E-state index in [1.807, 2.05) is 6.07 Å². The third kappa shape index (κ3) is 2.88. The fourth-order valence-electron chi connectivity index (χ4n) is 2.68. The number of nitrogens with one attached hydrogen (secondary N) is 1. The highest BCUT2D eigenvalue weighted by molar-refractivity contribution is 6.67. The molecule has 23 heavy (non-hydrogen) atoms. The van der Waals surface area contributed by atoms with Crippen LogP contribution in [0.15, 0.2) is 30.3 Å². The van der Waals surface area contributed by atoms with E-state index in [9.17, 15) is 0 Å². The maximum absolute atomic E-state index is 7.21.